The number of aromatic nitrogens is 4. The molecule has 0 fully saturated rings. The third-order valence-corrected chi connectivity index (χ3v) is 4.99. The summed E-state index contributed by atoms with van der Waals surface area (Å²) in [4.78, 5) is 29.5. The lowest BCUT2D eigenvalue weighted by Crippen LogP contribution is -2.27. The van der Waals surface area contributed by atoms with Crippen LogP contribution in [0, 0.1) is 5.82 Å². The molecule has 1 amide bonds. The summed E-state index contributed by atoms with van der Waals surface area (Å²) in [7, 11) is 0. The number of nitrogens with zero attached hydrogens (tertiary/aromatic N) is 4. The van der Waals surface area contributed by atoms with Gasteiger partial charge < -0.3 is 10.1 Å². The molecule has 33 heavy (non-hydrogen) atoms. The molecule has 0 aliphatic heterocycles. The fraction of sp³-hybridized carbons (Fsp3) is 0.250. The quantitative estimate of drug-likeness (QED) is 0.447. The SMILES string of the molecule is CC(C)Oc1ccc(C(=O)NCCn2ncc3c(=O)n(Cc4ccc(F)cc4)cnc32)cc1. The van der Waals surface area contributed by atoms with E-state index in [0.29, 0.717) is 35.4 Å². The Kier molecular flexibility index (Phi) is 6.48. The molecule has 2 heterocycles. The topological polar surface area (TPSA) is 91.0 Å². The first kappa shape index (κ1) is 22.2. The van der Waals surface area contributed by atoms with Crippen LogP contribution in [0.3, 0.4) is 0 Å². The number of hydrogen-bond donors (Lipinski definition) is 1. The molecule has 2 aromatic heterocycles. The van der Waals surface area contributed by atoms with Crippen LogP contribution in [0.4, 0.5) is 4.39 Å². The van der Waals surface area contributed by atoms with Crippen molar-refractivity contribution in [2.75, 3.05) is 6.54 Å². The molecule has 170 valence electrons. The number of rotatable bonds is 8. The van der Waals surface area contributed by atoms with Gasteiger partial charge in [-0.15, -0.1) is 0 Å². The molecule has 0 aliphatic carbocycles. The average Bonchev–Trinajstić information content (AvgIpc) is 3.21. The Balaban J connectivity index is 1.39. The van der Waals surface area contributed by atoms with Crippen molar-refractivity contribution in [3.8, 4) is 5.75 Å². The molecule has 9 heteroatoms. The lowest BCUT2D eigenvalue weighted by molar-refractivity contribution is 0.0952. The fourth-order valence-electron chi connectivity index (χ4n) is 3.39. The second-order valence-corrected chi connectivity index (χ2v) is 7.86. The molecule has 0 aliphatic rings. The van der Waals surface area contributed by atoms with Crippen LogP contribution in [-0.4, -0.2) is 37.9 Å². The van der Waals surface area contributed by atoms with Crippen LogP contribution < -0.4 is 15.6 Å². The molecule has 4 rings (SSSR count). The minimum Gasteiger partial charge on any atom is -0.491 e. The van der Waals surface area contributed by atoms with Gasteiger partial charge in [-0.1, -0.05) is 12.1 Å². The zero-order valence-electron chi connectivity index (χ0n) is 18.4. The van der Waals surface area contributed by atoms with E-state index in [1.54, 1.807) is 41.1 Å². The maximum atomic E-state index is 13.1. The van der Waals surface area contributed by atoms with Gasteiger partial charge in [0.15, 0.2) is 5.65 Å². The van der Waals surface area contributed by atoms with Crippen LogP contribution in [0.15, 0.2) is 65.8 Å². The van der Waals surface area contributed by atoms with Crippen molar-refractivity contribution in [3.05, 3.63) is 88.4 Å². The van der Waals surface area contributed by atoms with E-state index in [1.807, 2.05) is 13.8 Å². The lowest BCUT2D eigenvalue weighted by Gasteiger charge is -2.10. The summed E-state index contributed by atoms with van der Waals surface area (Å²) in [6, 6.07) is 12.9. The Morgan fingerprint density at radius 2 is 1.85 bits per heavy atom. The van der Waals surface area contributed by atoms with Crippen LogP contribution in [0.2, 0.25) is 0 Å². The standard InChI is InChI=1S/C24H24FN5O3/c1-16(2)33-20-9-5-18(6-10-20)23(31)26-11-12-30-22-21(13-28-30)24(32)29(15-27-22)14-17-3-7-19(25)8-4-17/h3-10,13,15-16H,11-12,14H2,1-2H3,(H,26,31). The first-order chi connectivity index (χ1) is 15.9. The molecule has 8 nitrogen and oxygen atoms in total. The molecule has 0 spiro atoms. The van der Waals surface area contributed by atoms with Crippen LogP contribution in [0.5, 0.6) is 5.75 Å². The maximum Gasteiger partial charge on any atom is 0.264 e. The summed E-state index contributed by atoms with van der Waals surface area (Å²) < 4.78 is 21.7. The summed E-state index contributed by atoms with van der Waals surface area (Å²) in [6.07, 6.45) is 2.99. The Labute approximate surface area is 189 Å². The zero-order chi connectivity index (χ0) is 23.4. The van der Waals surface area contributed by atoms with Crippen LogP contribution >= 0.6 is 0 Å². The number of nitrogens with one attached hydrogen (secondary N) is 1. The molecule has 2 aromatic carbocycles. The zero-order valence-corrected chi connectivity index (χ0v) is 18.4. The van der Waals surface area contributed by atoms with Crippen molar-refractivity contribution in [1.82, 2.24) is 24.6 Å². The van der Waals surface area contributed by atoms with Gasteiger partial charge in [-0.3, -0.25) is 14.2 Å². The molecule has 0 saturated carbocycles. The van der Waals surface area contributed by atoms with Gasteiger partial charge in [0.25, 0.3) is 11.5 Å². The molecule has 0 radical (unpaired) electrons. The van der Waals surface area contributed by atoms with Gasteiger partial charge in [-0.2, -0.15) is 5.10 Å². The van der Waals surface area contributed by atoms with Crippen molar-refractivity contribution in [1.29, 1.82) is 0 Å². The monoisotopic (exact) mass is 449 g/mol. The number of benzene rings is 2. The van der Waals surface area contributed by atoms with Crippen molar-refractivity contribution < 1.29 is 13.9 Å². The van der Waals surface area contributed by atoms with Crippen LogP contribution in [0.1, 0.15) is 29.8 Å². The van der Waals surface area contributed by atoms with E-state index in [0.717, 1.165) is 5.56 Å². The summed E-state index contributed by atoms with van der Waals surface area (Å²) in [6.45, 7) is 4.84. The van der Waals surface area contributed by atoms with E-state index >= 15 is 0 Å². The van der Waals surface area contributed by atoms with Crippen LogP contribution in [0.25, 0.3) is 11.0 Å². The van der Waals surface area contributed by atoms with E-state index in [4.69, 9.17) is 4.74 Å². The molecule has 0 saturated heterocycles. The van der Waals surface area contributed by atoms with E-state index in [-0.39, 0.29) is 29.9 Å². The van der Waals surface area contributed by atoms with Gasteiger partial charge in [0.2, 0.25) is 0 Å². The number of halogens is 1. The Bertz CT molecular complexity index is 1310. The molecule has 4 aromatic rings. The van der Waals surface area contributed by atoms with Crippen molar-refractivity contribution in [3.63, 3.8) is 0 Å². The number of fused-ring (bicyclic) bond motifs is 1. The summed E-state index contributed by atoms with van der Waals surface area (Å²) in [5, 5.41) is 7.47. The molecule has 0 unspecified atom stereocenters. The molecule has 0 bridgehead atoms. The molecule has 0 atom stereocenters. The summed E-state index contributed by atoms with van der Waals surface area (Å²) >= 11 is 0. The van der Waals surface area contributed by atoms with Gasteiger partial charge in [0.05, 0.1) is 25.4 Å². The fourth-order valence-corrected chi connectivity index (χ4v) is 3.39. The third-order valence-electron chi connectivity index (χ3n) is 4.99. The maximum absolute atomic E-state index is 13.1. The second kappa shape index (κ2) is 9.64. The molecular formula is C24H24FN5O3. The number of hydrogen-bond acceptors (Lipinski definition) is 5. The average molecular weight is 449 g/mol. The van der Waals surface area contributed by atoms with Crippen molar-refractivity contribution in [2.24, 2.45) is 0 Å². The van der Waals surface area contributed by atoms with E-state index in [1.165, 1.54) is 29.2 Å². The highest BCUT2D eigenvalue weighted by Gasteiger charge is 2.11. The minimum absolute atomic E-state index is 0.0641. The third kappa shape index (κ3) is 5.25. The van der Waals surface area contributed by atoms with Crippen LogP contribution in [-0.2, 0) is 13.1 Å². The first-order valence-corrected chi connectivity index (χ1v) is 10.6. The predicted octanol–water partition coefficient (Wildman–Crippen LogP) is 3.00. The number of amides is 1. The van der Waals surface area contributed by atoms with Gasteiger partial charge in [0, 0.05) is 12.1 Å². The minimum atomic E-state index is -0.329. The van der Waals surface area contributed by atoms with Gasteiger partial charge in [-0.05, 0) is 55.8 Å². The van der Waals surface area contributed by atoms with Crippen molar-refractivity contribution in [2.45, 2.75) is 33.0 Å². The van der Waals surface area contributed by atoms with Gasteiger partial charge >= 0.3 is 0 Å². The van der Waals surface area contributed by atoms with Gasteiger partial charge in [0.1, 0.15) is 23.3 Å². The Morgan fingerprint density at radius 1 is 1.12 bits per heavy atom. The highest BCUT2D eigenvalue weighted by atomic mass is 19.1. The number of carbonyl (C=O) groups excluding carboxylic acids is 1. The summed E-state index contributed by atoms with van der Waals surface area (Å²) in [5.74, 6) is 0.170. The van der Waals surface area contributed by atoms with Gasteiger partial charge in [-0.25, -0.2) is 14.1 Å². The smallest absolute Gasteiger partial charge is 0.264 e. The van der Waals surface area contributed by atoms with E-state index in [9.17, 15) is 14.0 Å². The highest BCUT2D eigenvalue weighted by Crippen LogP contribution is 2.14. The molecule has 1 N–H and O–H groups in total. The first-order valence-electron chi connectivity index (χ1n) is 10.6. The summed E-state index contributed by atoms with van der Waals surface area (Å²) in [5.41, 5.74) is 1.53. The Morgan fingerprint density at radius 3 is 2.55 bits per heavy atom. The van der Waals surface area contributed by atoms with E-state index in [2.05, 4.69) is 15.4 Å². The number of ether oxygens (including phenoxy) is 1. The Hall–Kier alpha value is -4.01. The highest BCUT2D eigenvalue weighted by molar-refractivity contribution is 5.94. The lowest BCUT2D eigenvalue weighted by atomic mass is 10.2. The normalized spacial score (nSPS) is 11.2. The predicted molar refractivity (Wildman–Crippen MR) is 122 cm³/mol. The number of carbonyl (C=O) groups is 1. The largest absolute Gasteiger partial charge is 0.491 e. The second-order valence-electron chi connectivity index (χ2n) is 7.86. The van der Waals surface area contributed by atoms with E-state index < -0.39 is 0 Å². The van der Waals surface area contributed by atoms with Crippen molar-refractivity contribution >= 4 is 16.9 Å². The molecular weight excluding hydrogens is 425 g/mol.